The van der Waals surface area contributed by atoms with E-state index < -0.39 is 5.91 Å². The third-order valence-electron chi connectivity index (χ3n) is 3.29. The van der Waals surface area contributed by atoms with Crippen LogP contribution in [0.4, 0.5) is 0 Å². The van der Waals surface area contributed by atoms with Crippen LogP contribution in [0, 0.1) is 5.92 Å². The lowest BCUT2D eigenvalue weighted by Crippen LogP contribution is -2.23. The van der Waals surface area contributed by atoms with Gasteiger partial charge in [-0.05, 0) is 19.3 Å². The van der Waals surface area contributed by atoms with Gasteiger partial charge in [0.2, 0.25) is 5.91 Å². The maximum absolute atomic E-state index is 11.5. The average Bonchev–Trinajstić information content (AvgIpc) is 2.88. The van der Waals surface area contributed by atoms with Crippen LogP contribution in [0.3, 0.4) is 0 Å². The number of carbonyl (C=O) groups excluding carboxylic acids is 2. The molecule has 1 aliphatic rings. The van der Waals surface area contributed by atoms with Crippen LogP contribution in [0.5, 0.6) is 0 Å². The second-order valence-electron chi connectivity index (χ2n) is 4.86. The fourth-order valence-corrected chi connectivity index (χ4v) is 5.24. The molecular formula is C13H23NO3S2. The number of nitrogens with two attached hydrogens (primary N) is 1. The smallest absolute Gasteiger partial charge is 0.309 e. The minimum atomic E-state index is -0.435. The molecule has 1 aliphatic heterocycles. The zero-order chi connectivity index (χ0) is 14.1. The van der Waals surface area contributed by atoms with Crippen molar-refractivity contribution in [3.8, 4) is 0 Å². The Kier molecular flexibility index (Phi) is 8.37. The molecule has 0 aliphatic carbocycles. The van der Waals surface area contributed by atoms with E-state index in [1.165, 1.54) is 32.1 Å². The van der Waals surface area contributed by atoms with Crippen molar-refractivity contribution in [1.29, 1.82) is 0 Å². The Morgan fingerprint density at radius 1 is 1.37 bits per heavy atom. The molecule has 0 saturated carbocycles. The second kappa shape index (κ2) is 9.53. The largest absolute Gasteiger partial charge is 0.469 e. The number of ether oxygens (including phenoxy) is 1. The summed E-state index contributed by atoms with van der Waals surface area (Å²) in [6, 6.07) is 0. The lowest BCUT2D eigenvalue weighted by molar-refractivity contribution is -0.147. The Morgan fingerprint density at radius 2 is 2.16 bits per heavy atom. The molecule has 0 radical (unpaired) electrons. The molecule has 0 bridgehead atoms. The Hall–Kier alpha value is -0.360. The maximum atomic E-state index is 11.5. The molecule has 1 heterocycles. The summed E-state index contributed by atoms with van der Waals surface area (Å²) >= 11 is 0. The molecule has 6 heteroatoms. The normalized spacial score (nSPS) is 20.2. The molecule has 1 amide bonds. The molecule has 0 spiro atoms. The Labute approximate surface area is 123 Å². The molecule has 19 heavy (non-hydrogen) atoms. The van der Waals surface area contributed by atoms with Gasteiger partial charge in [0.15, 0.2) is 0 Å². The first-order valence-electron chi connectivity index (χ1n) is 6.78. The fourth-order valence-electron chi connectivity index (χ4n) is 2.22. The molecule has 110 valence electrons. The van der Waals surface area contributed by atoms with E-state index in [-0.39, 0.29) is 18.3 Å². The van der Waals surface area contributed by atoms with Gasteiger partial charge in [0.25, 0.3) is 0 Å². The first-order valence-corrected chi connectivity index (χ1v) is 9.16. The predicted molar refractivity (Wildman–Crippen MR) is 80.9 cm³/mol. The number of esters is 1. The molecule has 2 N–H and O–H groups in total. The van der Waals surface area contributed by atoms with Gasteiger partial charge in [-0.25, -0.2) is 0 Å². The summed E-state index contributed by atoms with van der Waals surface area (Å²) in [5.41, 5.74) is 5.15. The highest BCUT2D eigenvalue weighted by Gasteiger charge is 2.21. The lowest BCUT2D eigenvalue weighted by Gasteiger charge is -2.13. The summed E-state index contributed by atoms with van der Waals surface area (Å²) in [4.78, 5) is 22.4. The lowest BCUT2D eigenvalue weighted by atomic mass is 9.97. The fraction of sp³-hybridized carbons (Fsp3) is 0.846. The Bertz CT molecular complexity index is 294. The van der Waals surface area contributed by atoms with Gasteiger partial charge in [-0.3, -0.25) is 9.59 Å². The summed E-state index contributed by atoms with van der Waals surface area (Å²) in [7, 11) is 5.33. The van der Waals surface area contributed by atoms with E-state index in [4.69, 9.17) is 10.5 Å². The van der Waals surface area contributed by atoms with E-state index in [1.807, 2.05) is 21.6 Å². The van der Waals surface area contributed by atoms with Crippen molar-refractivity contribution in [2.75, 3.05) is 12.9 Å². The minimum Gasteiger partial charge on any atom is -0.469 e. The van der Waals surface area contributed by atoms with Gasteiger partial charge in [0.05, 0.1) is 13.0 Å². The standard InChI is InChI=1S/C13H23NO3S2/c1-17-13(16)10(9-12(14)15)5-3-2-4-6-11-7-8-18-19-11/h10-11H,2-9H2,1H3,(H2,14,15). The van der Waals surface area contributed by atoms with Crippen LogP contribution in [0.2, 0.25) is 0 Å². The van der Waals surface area contributed by atoms with Crippen molar-refractivity contribution in [2.24, 2.45) is 11.7 Å². The van der Waals surface area contributed by atoms with Gasteiger partial charge in [-0.2, -0.15) is 0 Å². The van der Waals surface area contributed by atoms with Crippen LogP contribution in [0.25, 0.3) is 0 Å². The van der Waals surface area contributed by atoms with Gasteiger partial charge in [-0.15, -0.1) is 0 Å². The third kappa shape index (κ3) is 7.11. The SMILES string of the molecule is COC(=O)C(CCCCCC1CCSS1)CC(N)=O. The molecule has 1 saturated heterocycles. The Morgan fingerprint density at radius 3 is 2.74 bits per heavy atom. The van der Waals surface area contributed by atoms with E-state index in [1.54, 1.807) is 0 Å². The number of rotatable bonds is 9. The van der Waals surface area contributed by atoms with Gasteiger partial charge in [0, 0.05) is 17.4 Å². The molecule has 2 atom stereocenters. The summed E-state index contributed by atoms with van der Waals surface area (Å²) in [6.07, 6.45) is 6.64. The zero-order valence-corrected chi connectivity index (χ0v) is 13.1. The molecule has 0 aromatic rings. The number of carbonyl (C=O) groups is 2. The molecular weight excluding hydrogens is 282 g/mol. The molecule has 1 rings (SSSR count). The van der Waals surface area contributed by atoms with Crippen molar-refractivity contribution in [1.82, 2.24) is 0 Å². The van der Waals surface area contributed by atoms with Gasteiger partial charge >= 0.3 is 5.97 Å². The predicted octanol–water partition coefficient (Wildman–Crippen LogP) is 2.76. The molecule has 1 fully saturated rings. The van der Waals surface area contributed by atoms with E-state index >= 15 is 0 Å². The summed E-state index contributed by atoms with van der Waals surface area (Å²) in [5, 5.41) is 0.812. The Balaban J connectivity index is 2.12. The highest BCUT2D eigenvalue weighted by Crippen LogP contribution is 2.39. The van der Waals surface area contributed by atoms with E-state index in [0.29, 0.717) is 6.42 Å². The van der Waals surface area contributed by atoms with Crippen molar-refractivity contribution in [3.05, 3.63) is 0 Å². The monoisotopic (exact) mass is 305 g/mol. The van der Waals surface area contributed by atoms with Gasteiger partial charge in [0.1, 0.15) is 0 Å². The van der Waals surface area contributed by atoms with E-state index in [0.717, 1.165) is 18.1 Å². The maximum Gasteiger partial charge on any atom is 0.309 e. The number of unbranched alkanes of at least 4 members (excludes halogenated alkanes) is 2. The molecule has 0 aromatic carbocycles. The van der Waals surface area contributed by atoms with Crippen LogP contribution in [0.15, 0.2) is 0 Å². The van der Waals surface area contributed by atoms with E-state index in [9.17, 15) is 9.59 Å². The summed E-state index contributed by atoms with van der Waals surface area (Å²) in [6.45, 7) is 0. The number of hydrogen-bond acceptors (Lipinski definition) is 5. The van der Waals surface area contributed by atoms with Crippen molar-refractivity contribution in [3.63, 3.8) is 0 Å². The van der Waals surface area contributed by atoms with Crippen molar-refractivity contribution in [2.45, 2.75) is 50.2 Å². The third-order valence-corrected chi connectivity index (χ3v) is 6.29. The zero-order valence-electron chi connectivity index (χ0n) is 11.4. The van der Waals surface area contributed by atoms with Crippen molar-refractivity contribution < 1.29 is 14.3 Å². The highest BCUT2D eigenvalue weighted by atomic mass is 33.1. The topological polar surface area (TPSA) is 69.4 Å². The van der Waals surface area contributed by atoms with Crippen LogP contribution >= 0.6 is 21.6 Å². The van der Waals surface area contributed by atoms with Crippen molar-refractivity contribution >= 4 is 33.5 Å². The molecule has 0 aromatic heterocycles. The summed E-state index contributed by atoms with van der Waals surface area (Å²) in [5.74, 6) is 0.161. The highest BCUT2D eigenvalue weighted by molar-refractivity contribution is 8.77. The first kappa shape index (κ1) is 16.7. The first-order chi connectivity index (χ1) is 9.13. The van der Waals surface area contributed by atoms with Gasteiger partial charge < -0.3 is 10.5 Å². The van der Waals surface area contributed by atoms with E-state index in [2.05, 4.69) is 0 Å². The average molecular weight is 305 g/mol. The summed E-state index contributed by atoms with van der Waals surface area (Å²) < 4.78 is 4.70. The number of amides is 1. The van der Waals surface area contributed by atoms with Gasteiger partial charge in [-0.1, -0.05) is 40.9 Å². The van der Waals surface area contributed by atoms with Crippen LogP contribution < -0.4 is 5.73 Å². The number of methoxy groups -OCH3 is 1. The number of primary amides is 1. The van der Waals surface area contributed by atoms with Crippen LogP contribution in [0.1, 0.15) is 44.9 Å². The van der Waals surface area contributed by atoms with Crippen LogP contribution in [-0.4, -0.2) is 30.0 Å². The molecule has 4 nitrogen and oxygen atoms in total. The quantitative estimate of drug-likeness (QED) is 0.403. The number of hydrogen-bond donors (Lipinski definition) is 1. The second-order valence-corrected chi connectivity index (χ2v) is 7.64. The molecule has 2 unspecified atom stereocenters. The van der Waals surface area contributed by atoms with Crippen LogP contribution in [-0.2, 0) is 14.3 Å². The minimum absolute atomic E-state index is 0.0990.